The second-order valence-electron chi connectivity index (χ2n) is 5.59. The molecule has 0 atom stereocenters. The van der Waals surface area contributed by atoms with Crippen molar-refractivity contribution in [2.75, 3.05) is 6.61 Å². The zero-order valence-electron chi connectivity index (χ0n) is 20.2. The predicted molar refractivity (Wildman–Crippen MR) is 131 cm³/mol. The van der Waals surface area contributed by atoms with Gasteiger partial charge in [0.2, 0.25) is 11.8 Å². The van der Waals surface area contributed by atoms with Crippen molar-refractivity contribution in [1.82, 2.24) is 16.0 Å². The lowest BCUT2D eigenvalue weighted by Gasteiger charge is -2.21. The van der Waals surface area contributed by atoms with Crippen molar-refractivity contribution in [3.63, 3.8) is 0 Å². The van der Waals surface area contributed by atoms with Gasteiger partial charge in [0, 0.05) is 19.3 Å². The summed E-state index contributed by atoms with van der Waals surface area (Å²) >= 11 is 0. The molecule has 0 aliphatic carbocycles. The Labute approximate surface area is 185 Å². The van der Waals surface area contributed by atoms with Crippen LogP contribution in [0.1, 0.15) is 83.1 Å². The highest BCUT2D eigenvalue weighted by Gasteiger charge is 2.16. The molecule has 0 aromatic rings. The fraction of sp³-hybridized carbons (Fsp3) is 0.609. The van der Waals surface area contributed by atoms with Crippen molar-refractivity contribution in [3.05, 3.63) is 36.5 Å². The molecule has 0 saturated heterocycles. The van der Waals surface area contributed by atoms with E-state index in [0.29, 0.717) is 6.61 Å². The van der Waals surface area contributed by atoms with Gasteiger partial charge in [0.1, 0.15) is 5.57 Å². The van der Waals surface area contributed by atoms with Gasteiger partial charge < -0.3 is 26.1 Å². The second-order valence-corrected chi connectivity index (χ2v) is 5.59. The van der Waals surface area contributed by atoms with Gasteiger partial charge in [-0.1, -0.05) is 62.0 Å². The van der Waals surface area contributed by atoms with E-state index in [-0.39, 0.29) is 24.8 Å². The van der Waals surface area contributed by atoms with Crippen LogP contribution in [-0.4, -0.2) is 30.2 Å². The summed E-state index contributed by atoms with van der Waals surface area (Å²) in [5.41, 5.74) is -0.534. The summed E-state index contributed by atoms with van der Waals surface area (Å²) in [5.74, 6) is -0.511. The van der Waals surface area contributed by atoms with Crippen LogP contribution in [0.5, 0.6) is 0 Å². The Kier molecular flexibility index (Phi) is 33.6. The third kappa shape index (κ3) is 23.5. The van der Waals surface area contributed by atoms with Gasteiger partial charge in [0.25, 0.3) is 5.91 Å². The second kappa shape index (κ2) is 26.4. The molecule has 0 unspecified atom stereocenters. The molecule has 0 spiro atoms. The Hall–Kier alpha value is -2.57. The average molecular weight is 429 g/mol. The minimum absolute atomic E-state index is 0. The van der Waals surface area contributed by atoms with E-state index in [2.05, 4.69) is 36.4 Å². The van der Waals surface area contributed by atoms with Crippen molar-refractivity contribution in [3.8, 4) is 0 Å². The summed E-state index contributed by atoms with van der Waals surface area (Å²) in [6.45, 7) is 22.8. The fourth-order valence-corrected chi connectivity index (χ4v) is 1.57. The molecule has 30 heavy (non-hydrogen) atoms. The normalized spacial score (nSPS) is 9.93. The molecule has 0 rings (SSSR count). The SMILES string of the molecule is C.C=CNC(=O)/C(C=N)=C(/N/C=C/C(C)(C)NC(C)=O)OCC.CC.CC.CCC. The van der Waals surface area contributed by atoms with Crippen molar-refractivity contribution in [2.45, 2.75) is 88.6 Å². The number of carbonyl (C=O) groups is 2. The van der Waals surface area contributed by atoms with Gasteiger partial charge in [0.15, 0.2) is 0 Å². The molecule has 0 aromatic carbocycles. The first-order chi connectivity index (χ1) is 13.7. The third-order valence-corrected chi connectivity index (χ3v) is 2.37. The van der Waals surface area contributed by atoms with E-state index < -0.39 is 11.4 Å². The predicted octanol–water partition coefficient (Wildman–Crippen LogP) is 5.27. The third-order valence-electron chi connectivity index (χ3n) is 2.37. The maximum Gasteiger partial charge on any atom is 0.262 e. The van der Waals surface area contributed by atoms with E-state index in [1.807, 2.05) is 41.5 Å². The molecule has 178 valence electrons. The number of amides is 2. The van der Waals surface area contributed by atoms with Gasteiger partial charge in [-0.15, -0.1) is 0 Å². The molecule has 0 bridgehead atoms. The van der Waals surface area contributed by atoms with Gasteiger partial charge in [0.05, 0.1) is 12.1 Å². The van der Waals surface area contributed by atoms with Gasteiger partial charge in [-0.3, -0.25) is 9.59 Å². The molecular formula is C23H48N4O3. The first-order valence-electron chi connectivity index (χ1n) is 10.2. The van der Waals surface area contributed by atoms with E-state index in [9.17, 15) is 9.59 Å². The minimum atomic E-state index is -0.565. The highest BCUT2D eigenvalue weighted by molar-refractivity contribution is 6.12. The monoisotopic (exact) mass is 428 g/mol. The standard InChI is InChI=1S/C15H24N4O3.C3H8.2C2H6.CH4/c1-6-17-13(21)12(10-16)14(22-7-2)18-9-8-15(4,5)19-11(3)20;1-3-2;2*1-2;/h6,8-10,16,18H,1,7H2,2-5H3,(H,17,21)(H,19,20);3H2,1-2H3;2*1-2H3;1H4/b9-8+,14-12-,16-10?;;;;. The number of rotatable bonds is 9. The maximum absolute atomic E-state index is 11.8. The van der Waals surface area contributed by atoms with Crippen LogP contribution in [0.4, 0.5) is 0 Å². The van der Waals surface area contributed by atoms with Crippen molar-refractivity contribution in [2.24, 2.45) is 0 Å². The zero-order valence-corrected chi connectivity index (χ0v) is 20.2. The van der Waals surface area contributed by atoms with Crippen LogP contribution in [-0.2, 0) is 14.3 Å². The molecule has 7 nitrogen and oxygen atoms in total. The Morgan fingerprint density at radius 2 is 1.53 bits per heavy atom. The number of hydrogen-bond acceptors (Lipinski definition) is 5. The summed E-state index contributed by atoms with van der Waals surface area (Å²) in [7, 11) is 0. The Bertz CT molecular complexity index is 511. The van der Waals surface area contributed by atoms with Crippen LogP contribution in [0, 0.1) is 5.41 Å². The van der Waals surface area contributed by atoms with Gasteiger partial charge in [-0.25, -0.2) is 0 Å². The molecule has 4 N–H and O–H groups in total. The topological polar surface area (TPSA) is 103 Å². The molecule has 7 heteroatoms. The molecule has 0 radical (unpaired) electrons. The fourth-order valence-electron chi connectivity index (χ4n) is 1.57. The summed E-state index contributed by atoms with van der Waals surface area (Å²) in [5, 5.41) is 15.3. The Morgan fingerprint density at radius 1 is 1.07 bits per heavy atom. The molecule has 0 heterocycles. The van der Waals surface area contributed by atoms with E-state index in [4.69, 9.17) is 10.1 Å². The summed E-state index contributed by atoms with van der Waals surface area (Å²) in [6.07, 6.45) is 6.63. The van der Waals surface area contributed by atoms with Crippen molar-refractivity contribution >= 4 is 18.0 Å². The number of ether oxygens (including phenoxy) is 1. The maximum atomic E-state index is 11.8. The lowest BCUT2D eigenvalue weighted by atomic mass is 10.1. The molecule has 0 aliphatic rings. The molecule has 0 aliphatic heterocycles. The van der Waals surface area contributed by atoms with E-state index in [0.717, 1.165) is 6.21 Å². The van der Waals surface area contributed by atoms with Crippen LogP contribution in [0.15, 0.2) is 36.5 Å². The van der Waals surface area contributed by atoms with E-state index in [1.54, 1.807) is 19.2 Å². The minimum Gasteiger partial charge on any atom is -0.479 e. The highest BCUT2D eigenvalue weighted by atomic mass is 16.5. The molecule has 0 aromatic heterocycles. The smallest absolute Gasteiger partial charge is 0.262 e. The first-order valence-corrected chi connectivity index (χ1v) is 10.2. The highest BCUT2D eigenvalue weighted by Crippen LogP contribution is 2.06. The van der Waals surface area contributed by atoms with Crippen molar-refractivity contribution in [1.29, 1.82) is 5.41 Å². The molecular weight excluding hydrogens is 380 g/mol. The Balaban J connectivity index is -0.000000231. The van der Waals surface area contributed by atoms with Gasteiger partial charge >= 0.3 is 0 Å². The summed E-state index contributed by atoms with van der Waals surface area (Å²) in [6, 6.07) is 0. The number of nitrogens with one attached hydrogen (secondary N) is 4. The lowest BCUT2D eigenvalue weighted by Crippen LogP contribution is -2.40. The Morgan fingerprint density at radius 3 is 1.87 bits per heavy atom. The number of hydrogen-bond donors (Lipinski definition) is 4. The quantitative estimate of drug-likeness (QED) is 0.228. The average Bonchev–Trinajstić information content (AvgIpc) is 2.65. The molecule has 2 amide bonds. The molecule has 0 fully saturated rings. The summed E-state index contributed by atoms with van der Waals surface area (Å²) < 4.78 is 5.34. The summed E-state index contributed by atoms with van der Waals surface area (Å²) in [4.78, 5) is 22.9. The van der Waals surface area contributed by atoms with Crippen LogP contribution in [0.3, 0.4) is 0 Å². The van der Waals surface area contributed by atoms with Gasteiger partial charge in [-0.2, -0.15) is 0 Å². The molecule has 0 saturated carbocycles. The van der Waals surface area contributed by atoms with Crippen LogP contribution in [0.2, 0.25) is 0 Å². The van der Waals surface area contributed by atoms with Crippen LogP contribution >= 0.6 is 0 Å². The van der Waals surface area contributed by atoms with Crippen molar-refractivity contribution < 1.29 is 14.3 Å². The van der Waals surface area contributed by atoms with E-state index >= 15 is 0 Å². The largest absolute Gasteiger partial charge is 0.479 e. The first kappa shape index (κ1) is 38.1. The zero-order chi connectivity index (χ0) is 23.9. The lowest BCUT2D eigenvalue weighted by molar-refractivity contribution is -0.120. The van der Waals surface area contributed by atoms with Crippen LogP contribution < -0.4 is 16.0 Å². The number of carbonyl (C=O) groups excluding carboxylic acids is 2. The van der Waals surface area contributed by atoms with Crippen LogP contribution in [0.25, 0.3) is 0 Å². The van der Waals surface area contributed by atoms with E-state index in [1.165, 1.54) is 19.5 Å². The van der Waals surface area contributed by atoms with Gasteiger partial charge in [-0.05, 0) is 33.0 Å².